The highest BCUT2D eigenvalue weighted by atomic mass is 32.1. The van der Waals surface area contributed by atoms with E-state index in [1.54, 1.807) is 17.5 Å². The molecule has 1 rings (SSSR count). The standard InChI is InChI=1S/C10H15F3N2OS/c1-7-5-15-9(17-7)8(2)14-3-4-16-6-10(11,12)13/h5,8,14H,3-4,6H2,1-2H3. The van der Waals surface area contributed by atoms with Gasteiger partial charge in [0.15, 0.2) is 0 Å². The Labute approximate surface area is 102 Å². The first kappa shape index (κ1) is 14.4. The summed E-state index contributed by atoms with van der Waals surface area (Å²) >= 11 is 1.57. The fourth-order valence-corrected chi connectivity index (χ4v) is 2.00. The van der Waals surface area contributed by atoms with E-state index in [1.165, 1.54) is 0 Å². The molecule has 0 aliphatic carbocycles. The lowest BCUT2D eigenvalue weighted by Crippen LogP contribution is -2.25. The number of aromatic nitrogens is 1. The van der Waals surface area contributed by atoms with Crippen LogP contribution in [0.2, 0.25) is 0 Å². The Morgan fingerprint density at radius 3 is 2.76 bits per heavy atom. The summed E-state index contributed by atoms with van der Waals surface area (Å²) in [6.45, 7) is 3.09. The van der Waals surface area contributed by atoms with Crippen LogP contribution in [-0.2, 0) is 4.74 Å². The second-order valence-electron chi connectivity index (χ2n) is 3.65. The van der Waals surface area contributed by atoms with E-state index >= 15 is 0 Å². The lowest BCUT2D eigenvalue weighted by Gasteiger charge is -2.12. The zero-order valence-electron chi connectivity index (χ0n) is 9.67. The molecule has 17 heavy (non-hydrogen) atoms. The normalized spacial score (nSPS) is 13.9. The highest BCUT2D eigenvalue weighted by molar-refractivity contribution is 7.11. The molecule has 0 spiro atoms. The van der Waals surface area contributed by atoms with Gasteiger partial charge in [-0.05, 0) is 13.8 Å². The van der Waals surface area contributed by atoms with Crippen LogP contribution in [0.1, 0.15) is 22.9 Å². The first-order valence-corrected chi connectivity index (χ1v) is 6.00. The summed E-state index contributed by atoms with van der Waals surface area (Å²) in [6.07, 6.45) is -2.48. The van der Waals surface area contributed by atoms with Crippen LogP contribution < -0.4 is 5.32 Å². The molecule has 0 aliphatic heterocycles. The zero-order chi connectivity index (χ0) is 12.9. The van der Waals surface area contributed by atoms with E-state index in [4.69, 9.17) is 0 Å². The van der Waals surface area contributed by atoms with E-state index in [2.05, 4.69) is 15.0 Å². The molecule has 0 bridgehead atoms. The van der Waals surface area contributed by atoms with Crippen molar-refractivity contribution in [3.63, 3.8) is 0 Å². The lowest BCUT2D eigenvalue weighted by atomic mass is 10.3. The van der Waals surface area contributed by atoms with Gasteiger partial charge in [0, 0.05) is 17.6 Å². The third kappa shape index (κ3) is 5.99. The van der Waals surface area contributed by atoms with Crippen LogP contribution in [0.25, 0.3) is 0 Å². The molecule has 1 aromatic heterocycles. The average molecular weight is 268 g/mol. The molecule has 7 heteroatoms. The van der Waals surface area contributed by atoms with Crippen LogP contribution in [0.5, 0.6) is 0 Å². The Kier molecular flexibility index (Phi) is 5.35. The molecule has 0 aromatic carbocycles. The van der Waals surface area contributed by atoms with Gasteiger partial charge in [0.25, 0.3) is 0 Å². The fourth-order valence-electron chi connectivity index (χ4n) is 1.20. The highest BCUT2D eigenvalue weighted by Gasteiger charge is 2.27. The maximum atomic E-state index is 11.8. The van der Waals surface area contributed by atoms with Crippen LogP contribution in [-0.4, -0.2) is 30.9 Å². The van der Waals surface area contributed by atoms with Crippen molar-refractivity contribution in [1.29, 1.82) is 0 Å². The Bertz CT molecular complexity index is 341. The summed E-state index contributed by atoms with van der Waals surface area (Å²) in [5.41, 5.74) is 0. The van der Waals surface area contributed by atoms with Crippen molar-refractivity contribution >= 4 is 11.3 Å². The van der Waals surface area contributed by atoms with Crippen LogP contribution >= 0.6 is 11.3 Å². The molecule has 0 radical (unpaired) electrons. The molecule has 1 aromatic rings. The molecule has 1 unspecified atom stereocenters. The maximum absolute atomic E-state index is 11.8. The van der Waals surface area contributed by atoms with Crippen molar-refractivity contribution in [2.45, 2.75) is 26.1 Å². The van der Waals surface area contributed by atoms with E-state index in [0.29, 0.717) is 6.54 Å². The first-order valence-electron chi connectivity index (χ1n) is 5.18. The monoisotopic (exact) mass is 268 g/mol. The number of halogens is 3. The van der Waals surface area contributed by atoms with E-state index in [0.717, 1.165) is 9.88 Å². The summed E-state index contributed by atoms with van der Waals surface area (Å²) < 4.78 is 39.8. The minimum Gasteiger partial charge on any atom is -0.371 e. The SMILES string of the molecule is Cc1cnc(C(C)NCCOCC(F)(F)F)s1. The topological polar surface area (TPSA) is 34.2 Å². The van der Waals surface area contributed by atoms with Crippen molar-refractivity contribution in [1.82, 2.24) is 10.3 Å². The Morgan fingerprint density at radius 1 is 1.53 bits per heavy atom. The van der Waals surface area contributed by atoms with Gasteiger partial charge >= 0.3 is 6.18 Å². The summed E-state index contributed by atoms with van der Waals surface area (Å²) in [4.78, 5) is 5.30. The molecule has 1 N–H and O–H groups in total. The van der Waals surface area contributed by atoms with Gasteiger partial charge < -0.3 is 10.1 Å². The number of ether oxygens (including phenoxy) is 1. The second-order valence-corrected chi connectivity index (χ2v) is 4.92. The summed E-state index contributed by atoms with van der Waals surface area (Å²) in [6, 6.07) is 0.0307. The third-order valence-corrected chi connectivity index (χ3v) is 3.07. The van der Waals surface area contributed by atoms with E-state index < -0.39 is 12.8 Å². The van der Waals surface area contributed by atoms with Gasteiger partial charge in [0.2, 0.25) is 0 Å². The van der Waals surface area contributed by atoms with Crippen LogP contribution in [0.4, 0.5) is 13.2 Å². The Balaban J connectivity index is 2.15. The van der Waals surface area contributed by atoms with Crippen LogP contribution in [0.3, 0.4) is 0 Å². The lowest BCUT2D eigenvalue weighted by molar-refractivity contribution is -0.173. The number of nitrogens with zero attached hydrogens (tertiary/aromatic N) is 1. The van der Waals surface area contributed by atoms with Crippen molar-refractivity contribution in [2.75, 3.05) is 19.8 Å². The highest BCUT2D eigenvalue weighted by Crippen LogP contribution is 2.18. The largest absolute Gasteiger partial charge is 0.411 e. The molecule has 0 saturated carbocycles. The van der Waals surface area contributed by atoms with E-state index in [9.17, 15) is 13.2 Å². The molecule has 0 amide bonds. The van der Waals surface area contributed by atoms with Crippen molar-refractivity contribution < 1.29 is 17.9 Å². The minimum atomic E-state index is -4.25. The number of nitrogens with one attached hydrogen (secondary N) is 1. The van der Waals surface area contributed by atoms with Crippen molar-refractivity contribution in [3.8, 4) is 0 Å². The van der Waals surface area contributed by atoms with Crippen LogP contribution in [0, 0.1) is 6.92 Å². The van der Waals surface area contributed by atoms with Gasteiger partial charge in [-0.3, -0.25) is 0 Å². The van der Waals surface area contributed by atoms with E-state index in [1.807, 2.05) is 13.8 Å². The van der Waals surface area contributed by atoms with Crippen molar-refractivity contribution in [3.05, 3.63) is 16.1 Å². The predicted octanol–water partition coefficient (Wildman–Crippen LogP) is 2.68. The predicted molar refractivity (Wildman–Crippen MR) is 60.1 cm³/mol. The summed E-state index contributed by atoms with van der Waals surface area (Å²) in [7, 11) is 0. The molecular formula is C10H15F3N2OS. The maximum Gasteiger partial charge on any atom is 0.411 e. The number of aryl methyl sites for hydroxylation is 1. The van der Waals surface area contributed by atoms with Gasteiger partial charge in [0.1, 0.15) is 11.6 Å². The first-order chi connectivity index (χ1) is 7.88. The summed E-state index contributed by atoms with van der Waals surface area (Å²) in [5, 5.41) is 3.98. The second kappa shape index (κ2) is 6.32. The molecular weight excluding hydrogens is 253 g/mol. The number of alkyl halides is 3. The van der Waals surface area contributed by atoms with Gasteiger partial charge in [-0.2, -0.15) is 13.2 Å². The molecule has 1 heterocycles. The average Bonchev–Trinajstić information content (AvgIpc) is 2.62. The summed E-state index contributed by atoms with van der Waals surface area (Å²) in [5.74, 6) is 0. The number of hydrogen-bond donors (Lipinski definition) is 1. The van der Waals surface area contributed by atoms with Crippen molar-refractivity contribution in [2.24, 2.45) is 0 Å². The Hall–Kier alpha value is -0.660. The number of thiazole rings is 1. The smallest absolute Gasteiger partial charge is 0.371 e. The number of hydrogen-bond acceptors (Lipinski definition) is 4. The molecule has 98 valence electrons. The molecule has 0 aliphatic rings. The quantitative estimate of drug-likeness (QED) is 0.805. The van der Waals surface area contributed by atoms with Gasteiger partial charge in [0.05, 0.1) is 12.6 Å². The van der Waals surface area contributed by atoms with Gasteiger partial charge in [-0.25, -0.2) is 4.98 Å². The third-order valence-electron chi connectivity index (χ3n) is 1.97. The molecule has 0 saturated heterocycles. The molecule has 1 atom stereocenters. The zero-order valence-corrected chi connectivity index (χ0v) is 10.5. The Morgan fingerprint density at radius 2 is 2.24 bits per heavy atom. The van der Waals surface area contributed by atoms with Gasteiger partial charge in [-0.15, -0.1) is 11.3 Å². The number of rotatable bonds is 6. The van der Waals surface area contributed by atoms with Crippen LogP contribution in [0.15, 0.2) is 6.20 Å². The van der Waals surface area contributed by atoms with Gasteiger partial charge in [-0.1, -0.05) is 0 Å². The molecule has 3 nitrogen and oxygen atoms in total. The fraction of sp³-hybridized carbons (Fsp3) is 0.700. The van der Waals surface area contributed by atoms with E-state index in [-0.39, 0.29) is 12.6 Å². The molecule has 0 fully saturated rings. The minimum absolute atomic E-state index is 0.0307.